The fraction of sp³-hybridized carbons (Fsp3) is 0.158. The van der Waals surface area contributed by atoms with Crippen LogP contribution in [0.25, 0.3) is 5.69 Å². The summed E-state index contributed by atoms with van der Waals surface area (Å²) < 4.78 is 12.2. The fourth-order valence-corrected chi connectivity index (χ4v) is 2.71. The Hall–Kier alpha value is -2.73. The van der Waals surface area contributed by atoms with Gasteiger partial charge in [0.15, 0.2) is 5.75 Å². The number of hydrogen-bond acceptors (Lipinski definition) is 5. The van der Waals surface area contributed by atoms with Crippen LogP contribution in [0.15, 0.2) is 65.7 Å². The molecule has 0 bridgehead atoms. The van der Waals surface area contributed by atoms with Crippen molar-refractivity contribution < 1.29 is 14.3 Å². The molecule has 0 aliphatic carbocycles. The van der Waals surface area contributed by atoms with Gasteiger partial charge in [-0.2, -0.15) is 5.10 Å². The summed E-state index contributed by atoms with van der Waals surface area (Å²) in [5, 5.41) is 4.30. The Labute approximate surface area is 150 Å². The number of carbonyl (C=O) groups excluding carboxylic acids is 1. The highest BCUT2D eigenvalue weighted by Crippen LogP contribution is 2.21. The second kappa shape index (κ2) is 7.90. The Bertz CT molecular complexity index is 845. The number of aromatic nitrogens is 2. The summed E-state index contributed by atoms with van der Waals surface area (Å²) in [6.07, 6.45) is 3.68. The Morgan fingerprint density at radius 1 is 1.12 bits per heavy atom. The third-order valence-electron chi connectivity index (χ3n) is 3.64. The molecule has 3 aromatic rings. The van der Waals surface area contributed by atoms with Gasteiger partial charge >= 0.3 is 5.97 Å². The van der Waals surface area contributed by atoms with E-state index in [0.717, 1.165) is 11.3 Å². The second-order valence-electron chi connectivity index (χ2n) is 5.25. The Morgan fingerprint density at radius 3 is 2.48 bits per heavy atom. The van der Waals surface area contributed by atoms with Gasteiger partial charge in [-0.15, -0.1) is 11.8 Å². The van der Waals surface area contributed by atoms with E-state index >= 15 is 0 Å². The normalized spacial score (nSPS) is 10.5. The monoisotopic (exact) mass is 354 g/mol. The van der Waals surface area contributed by atoms with Crippen LogP contribution in [0.5, 0.6) is 5.75 Å². The van der Waals surface area contributed by atoms with E-state index in [1.165, 1.54) is 12.0 Å². The van der Waals surface area contributed by atoms with Crippen molar-refractivity contribution in [3.8, 4) is 11.4 Å². The van der Waals surface area contributed by atoms with E-state index in [1.807, 2.05) is 60.9 Å². The molecule has 0 aliphatic rings. The number of thioether (sulfide) groups is 1. The molecule has 128 valence electrons. The second-order valence-corrected chi connectivity index (χ2v) is 6.13. The molecule has 0 N–H and O–H groups in total. The molecule has 0 amide bonds. The summed E-state index contributed by atoms with van der Waals surface area (Å²) in [6, 6.07) is 17.4. The molecular weight excluding hydrogens is 336 g/mol. The lowest BCUT2D eigenvalue weighted by Crippen LogP contribution is -2.08. The van der Waals surface area contributed by atoms with Crippen molar-refractivity contribution in [1.82, 2.24) is 9.78 Å². The molecule has 0 unspecified atom stereocenters. The molecule has 1 heterocycles. The molecule has 3 rings (SSSR count). The lowest BCUT2D eigenvalue weighted by atomic mass is 10.2. The highest BCUT2D eigenvalue weighted by atomic mass is 32.2. The standard InChI is InChI=1S/C19H18N2O3S/c1-23-17-12-21(15-6-4-3-5-7-15)20-18(17)19(22)24-13-14-8-10-16(25-2)11-9-14/h3-12H,13H2,1-2H3. The highest BCUT2D eigenvalue weighted by Gasteiger charge is 2.20. The van der Waals surface area contributed by atoms with Crippen molar-refractivity contribution in [2.75, 3.05) is 13.4 Å². The lowest BCUT2D eigenvalue weighted by Gasteiger charge is -2.05. The third-order valence-corrected chi connectivity index (χ3v) is 4.39. The van der Waals surface area contributed by atoms with Crippen LogP contribution in [0.2, 0.25) is 0 Å². The number of benzene rings is 2. The van der Waals surface area contributed by atoms with Crippen LogP contribution in [-0.4, -0.2) is 29.1 Å². The Morgan fingerprint density at radius 2 is 1.84 bits per heavy atom. The first-order valence-corrected chi connectivity index (χ1v) is 8.93. The zero-order chi connectivity index (χ0) is 17.6. The van der Waals surface area contributed by atoms with Crippen molar-refractivity contribution in [2.45, 2.75) is 11.5 Å². The van der Waals surface area contributed by atoms with Gasteiger partial charge < -0.3 is 9.47 Å². The number of hydrogen-bond donors (Lipinski definition) is 0. The van der Waals surface area contributed by atoms with Crippen LogP contribution >= 0.6 is 11.8 Å². The zero-order valence-corrected chi connectivity index (χ0v) is 14.8. The van der Waals surface area contributed by atoms with E-state index in [1.54, 1.807) is 22.6 Å². The van der Waals surface area contributed by atoms with Gasteiger partial charge in [-0.1, -0.05) is 30.3 Å². The molecule has 0 saturated heterocycles. The van der Waals surface area contributed by atoms with Gasteiger partial charge in [-0.05, 0) is 36.1 Å². The number of nitrogens with zero attached hydrogens (tertiary/aromatic N) is 2. The molecule has 1 aromatic heterocycles. The van der Waals surface area contributed by atoms with Crippen molar-refractivity contribution in [1.29, 1.82) is 0 Å². The number of rotatable bonds is 6. The van der Waals surface area contributed by atoms with Crippen LogP contribution in [-0.2, 0) is 11.3 Å². The summed E-state index contributed by atoms with van der Waals surface area (Å²) >= 11 is 1.67. The molecule has 0 radical (unpaired) electrons. The Balaban J connectivity index is 1.73. The molecule has 25 heavy (non-hydrogen) atoms. The molecular formula is C19H18N2O3S. The molecule has 5 nitrogen and oxygen atoms in total. The first-order valence-electron chi connectivity index (χ1n) is 7.70. The molecule has 0 fully saturated rings. The average molecular weight is 354 g/mol. The van der Waals surface area contributed by atoms with Crippen molar-refractivity contribution >= 4 is 17.7 Å². The largest absolute Gasteiger partial charge is 0.493 e. The minimum absolute atomic E-state index is 0.159. The summed E-state index contributed by atoms with van der Waals surface area (Å²) in [4.78, 5) is 13.5. The Kier molecular flexibility index (Phi) is 5.40. The van der Waals surface area contributed by atoms with Crippen LogP contribution in [0.4, 0.5) is 0 Å². The summed E-state index contributed by atoms with van der Waals surface area (Å²) in [6.45, 7) is 0.189. The van der Waals surface area contributed by atoms with Crippen molar-refractivity contribution in [3.63, 3.8) is 0 Å². The maximum absolute atomic E-state index is 12.4. The van der Waals surface area contributed by atoms with Gasteiger partial charge in [0, 0.05) is 4.90 Å². The molecule has 0 spiro atoms. The van der Waals surface area contributed by atoms with E-state index in [4.69, 9.17) is 9.47 Å². The van der Waals surface area contributed by atoms with Gasteiger partial charge in [0.05, 0.1) is 19.0 Å². The van der Waals surface area contributed by atoms with Crippen LogP contribution < -0.4 is 4.74 Å². The zero-order valence-electron chi connectivity index (χ0n) is 14.0. The minimum atomic E-state index is -0.513. The van der Waals surface area contributed by atoms with E-state index in [2.05, 4.69) is 5.10 Å². The van der Waals surface area contributed by atoms with Gasteiger partial charge in [-0.25, -0.2) is 9.48 Å². The molecule has 0 saturated carbocycles. The first kappa shape index (κ1) is 17.1. The number of methoxy groups -OCH3 is 1. The average Bonchev–Trinajstić information content (AvgIpc) is 3.12. The van der Waals surface area contributed by atoms with Crippen molar-refractivity contribution in [3.05, 3.63) is 72.1 Å². The number of ether oxygens (including phenoxy) is 2. The SMILES string of the molecule is COc1cn(-c2ccccc2)nc1C(=O)OCc1ccc(SC)cc1. The predicted octanol–water partition coefficient (Wildman–Crippen LogP) is 3.96. The molecule has 2 aromatic carbocycles. The summed E-state index contributed by atoms with van der Waals surface area (Å²) in [5.74, 6) is -0.132. The number of carbonyl (C=O) groups is 1. The topological polar surface area (TPSA) is 53.4 Å². The van der Waals surface area contributed by atoms with Crippen LogP contribution in [0.3, 0.4) is 0 Å². The minimum Gasteiger partial charge on any atom is -0.493 e. The molecule has 6 heteroatoms. The molecule has 0 aliphatic heterocycles. The van der Waals surface area contributed by atoms with Gasteiger partial charge in [0.2, 0.25) is 5.69 Å². The van der Waals surface area contributed by atoms with E-state index in [9.17, 15) is 4.79 Å². The number of esters is 1. The maximum Gasteiger partial charge on any atom is 0.363 e. The van der Waals surface area contributed by atoms with Crippen LogP contribution in [0, 0.1) is 0 Å². The lowest BCUT2D eigenvalue weighted by molar-refractivity contribution is 0.0461. The fourth-order valence-electron chi connectivity index (χ4n) is 2.30. The van der Waals surface area contributed by atoms with Gasteiger partial charge in [-0.3, -0.25) is 0 Å². The van der Waals surface area contributed by atoms with E-state index < -0.39 is 5.97 Å². The maximum atomic E-state index is 12.4. The van der Waals surface area contributed by atoms with E-state index in [-0.39, 0.29) is 12.3 Å². The first-order chi connectivity index (χ1) is 12.2. The number of para-hydroxylation sites is 1. The predicted molar refractivity (Wildman–Crippen MR) is 97.5 cm³/mol. The van der Waals surface area contributed by atoms with Gasteiger partial charge in [0.25, 0.3) is 0 Å². The van der Waals surface area contributed by atoms with Gasteiger partial charge in [0.1, 0.15) is 6.61 Å². The van der Waals surface area contributed by atoms with Crippen LogP contribution in [0.1, 0.15) is 16.1 Å². The third kappa shape index (κ3) is 4.03. The molecule has 0 atom stereocenters. The summed E-state index contributed by atoms with van der Waals surface area (Å²) in [5.41, 5.74) is 1.92. The quantitative estimate of drug-likeness (QED) is 0.495. The smallest absolute Gasteiger partial charge is 0.363 e. The van der Waals surface area contributed by atoms with E-state index in [0.29, 0.717) is 5.75 Å². The highest BCUT2D eigenvalue weighted by molar-refractivity contribution is 7.98. The summed E-state index contributed by atoms with van der Waals surface area (Å²) in [7, 11) is 1.50. The van der Waals surface area contributed by atoms with Crippen molar-refractivity contribution in [2.24, 2.45) is 0 Å².